The Bertz CT molecular complexity index is 371. The van der Waals surface area contributed by atoms with E-state index in [1.807, 2.05) is 30.3 Å². The van der Waals surface area contributed by atoms with E-state index in [0.717, 1.165) is 18.4 Å². The number of carbonyl (C=O) groups is 1. The van der Waals surface area contributed by atoms with Gasteiger partial charge in [-0.05, 0) is 31.7 Å². The van der Waals surface area contributed by atoms with E-state index in [1.165, 1.54) is 6.42 Å². The standard InChI is InChI=1S/C13H18N2O/c1-13(8-5-9-13)15-12(16)11(14)10-6-3-2-4-7-10/h2-4,6-7,11H,5,8-9,14H2,1H3,(H,15,16)/t11-/m0/s1. The van der Waals surface area contributed by atoms with Crippen LogP contribution in [0.5, 0.6) is 0 Å². The van der Waals surface area contributed by atoms with Crippen LogP contribution < -0.4 is 11.1 Å². The van der Waals surface area contributed by atoms with E-state index >= 15 is 0 Å². The molecule has 3 heteroatoms. The maximum absolute atomic E-state index is 11.9. The predicted molar refractivity (Wildman–Crippen MR) is 63.8 cm³/mol. The van der Waals surface area contributed by atoms with Crippen LogP contribution in [0.1, 0.15) is 37.8 Å². The molecule has 16 heavy (non-hydrogen) atoms. The van der Waals surface area contributed by atoms with Crippen molar-refractivity contribution in [2.75, 3.05) is 0 Å². The molecule has 1 amide bonds. The van der Waals surface area contributed by atoms with E-state index in [2.05, 4.69) is 12.2 Å². The Balaban J connectivity index is 1.99. The Morgan fingerprint density at radius 2 is 2.00 bits per heavy atom. The van der Waals surface area contributed by atoms with Gasteiger partial charge in [-0.2, -0.15) is 0 Å². The summed E-state index contributed by atoms with van der Waals surface area (Å²) in [7, 11) is 0. The Morgan fingerprint density at radius 3 is 2.50 bits per heavy atom. The van der Waals surface area contributed by atoms with Crippen LogP contribution in [-0.4, -0.2) is 11.4 Å². The van der Waals surface area contributed by atoms with Crippen molar-refractivity contribution in [2.24, 2.45) is 5.73 Å². The molecule has 1 aliphatic carbocycles. The average Bonchev–Trinajstić information content (AvgIpc) is 2.27. The number of nitrogens with one attached hydrogen (secondary N) is 1. The summed E-state index contributed by atoms with van der Waals surface area (Å²) in [4.78, 5) is 11.9. The highest BCUT2D eigenvalue weighted by Crippen LogP contribution is 2.31. The van der Waals surface area contributed by atoms with Crippen LogP contribution in [0.4, 0.5) is 0 Å². The quantitative estimate of drug-likeness (QED) is 0.812. The zero-order chi connectivity index (χ0) is 11.6. The van der Waals surface area contributed by atoms with Gasteiger partial charge < -0.3 is 11.1 Å². The number of rotatable bonds is 3. The molecule has 86 valence electrons. The van der Waals surface area contributed by atoms with E-state index in [4.69, 9.17) is 5.73 Å². The maximum atomic E-state index is 11.9. The fraction of sp³-hybridized carbons (Fsp3) is 0.462. The normalized spacial score (nSPS) is 19.6. The molecule has 0 aromatic heterocycles. The first-order chi connectivity index (χ1) is 7.61. The minimum Gasteiger partial charge on any atom is -0.349 e. The second-order valence-electron chi connectivity index (χ2n) is 4.79. The van der Waals surface area contributed by atoms with Gasteiger partial charge in [0.2, 0.25) is 5.91 Å². The van der Waals surface area contributed by atoms with Crippen LogP contribution in [0.2, 0.25) is 0 Å². The Labute approximate surface area is 96.0 Å². The summed E-state index contributed by atoms with van der Waals surface area (Å²) in [5.41, 5.74) is 6.75. The van der Waals surface area contributed by atoms with E-state index in [9.17, 15) is 4.79 Å². The summed E-state index contributed by atoms with van der Waals surface area (Å²) in [6.45, 7) is 2.08. The number of hydrogen-bond donors (Lipinski definition) is 2. The highest BCUT2D eigenvalue weighted by atomic mass is 16.2. The van der Waals surface area contributed by atoms with Gasteiger partial charge in [0, 0.05) is 5.54 Å². The average molecular weight is 218 g/mol. The van der Waals surface area contributed by atoms with Gasteiger partial charge in [0.05, 0.1) is 0 Å². The fourth-order valence-corrected chi connectivity index (χ4v) is 2.02. The minimum absolute atomic E-state index is 0.0243. The van der Waals surface area contributed by atoms with Crippen LogP contribution in [0.3, 0.4) is 0 Å². The first-order valence-corrected chi connectivity index (χ1v) is 5.73. The lowest BCUT2D eigenvalue weighted by Gasteiger charge is -2.39. The smallest absolute Gasteiger partial charge is 0.241 e. The lowest BCUT2D eigenvalue weighted by molar-refractivity contribution is -0.125. The highest BCUT2D eigenvalue weighted by molar-refractivity contribution is 5.83. The Hall–Kier alpha value is -1.35. The van der Waals surface area contributed by atoms with Crippen molar-refractivity contribution in [1.29, 1.82) is 0 Å². The van der Waals surface area contributed by atoms with E-state index < -0.39 is 6.04 Å². The summed E-state index contributed by atoms with van der Waals surface area (Å²) < 4.78 is 0. The summed E-state index contributed by atoms with van der Waals surface area (Å²) >= 11 is 0. The third-order valence-electron chi connectivity index (χ3n) is 3.32. The zero-order valence-electron chi connectivity index (χ0n) is 9.57. The van der Waals surface area contributed by atoms with Crippen LogP contribution in [0, 0.1) is 0 Å². The zero-order valence-corrected chi connectivity index (χ0v) is 9.57. The molecule has 1 atom stereocenters. The molecular formula is C13H18N2O. The molecule has 0 heterocycles. The molecule has 3 N–H and O–H groups in total. The highest BCUT2D eigenvalue weighted by Gasteiger charge is 2.34. The second-order valence-corrected chi connectivity index (χ2v) is 4.79. The van der Waals surface area contributed by atoms with Gasteiger partial charge in [-0.15, -0.1) is 0 Å². The Kier molecular flexibility index (Phi) is 2.97. The fourth-order valence-electron chi connectivity index (χ4n) is 2.02. The van der Waals surface area contributed by atoms with Crippen molar-refractivity contribution < 1.29 is 4.79 Å². The third kappa shape index (κ3) is 2.25. The molecule has 0 unspecified atom stereocenters. The van der Waals surface area contributed by atoms with Crippen LogP contribution >= 0.6 is 0 Å². The molecule has 0 aliphatic heterocycles. The van der Waals surface area contributed by atoms with Crippen molar-refractivity contribution in [3.63, 3.8) is 0 Å². The van der Waals surface area contributed by atoms with Crippen molar-refractivity contribution in [2.45, 2.75) is 37.8 Å². The summed E-state index contributed by atoms with van der Waals surface area (Å²) in [6.07, 6.45) is 3.30. The minimum atomic E-state index is -0.557. The van der Waals surface area contributed by atoms with Crippen LogP contribution in [0.15, 0.2) is 30.3 Å². The third-order valence-corrected chi connectivity index (χ3v) is 3.32. The molecule has 0 radical (unpaired) electrons. The van der Waals surface area contributed by atoms with Gasteiger partial charge in [0.1, 0.15) is 6.04 Å². The molecule has 1 aromatic carbocycles. The predicted octanol–water partition coefficient (Wildman–Crippen LogP) is 1.75. The van der Waals surface area contributed by atoms with Gasteiger partial charge in [0.25, 0.3) is 0 Å². The summed E-state index contributed by atoms with van der Waals surface area (Å²) in [5, 5.41) is 3.03. The second kappa shape index (κ2) is 4.26. The largest absolute Gasteiger partial charge is 0.349 e. The lowest BCUT2D eigenvalue weighted by atomic mass is 9.78. The van der Waals surface area contributed by atoms with Gasteiger partial charge in [-0.25, -0.2) is 0 Å². The molecule has 1 aromatic rings. The molecule has 0 saturated heterocycles. The topological polar surface area (TPSA) is 55.1 Å². The van der Waals surface area contributed by atoms with Crippen molar-refractivity contribution in [3.05, 3.63) is 35.9 Å². The monoisotopic (exact) mass is 218 g/mol. The molecule has 3 nitrogen and oxygen atoms in total. The lowest BCUT2D eigenvalue weighted by Crippen LogP contribution is -2.53. The molecule has 0 spiro atoms. The van der Waals surface area contributed by atoms with Crippen LogP contribution in [-0.2, 0) is 4.79 Å². The first kappa shape index (κ1) is 11.1. The SMILES string of the molecule is CC1(NC(=O)[C@@H](N)c2ccccc2)CCC1. The van der Waals surface area contributed by atoms with Crippen molar-refractivity contribution in [3.8, 4) is 0 Å². The van der Waals surface area contributed by atoms with Crippen molar-refractivity contribution >= 4 is 5.91 Å². The molecular weight excluding hydrogens is 200 g/mol. The van der Waals surface area contributed by atoms with E-state index in [-0.39, 0.29) is 11.4 Å². The van der Waals surface area contributed by atoms with Gasteiger partial charge >= 0.3 is 0 Å². The number of carbonyl (C=O) groups excluding carboxylic acids is 1. The van der Waals surface area contributed by atoms with Gasteiger partial charge in [-0.3, -0.25) is 4.79 Å². The van der Waals surface area contributed by atoms with Crippen molar-refractivity contribution in [1.82, 2.24) is 5.32 Å². The molecule has 0 bridgehead atoms. The molecule has 1 aliphatic rings. The van der Waals surface area contributed by atoms with Gasteiger partial charge in [-0.1, -0.05) is 30.3 Å². The number of nitrogens with two attached hydrogens (primary N) is 1. The summed E-state index contributed by atoms with van der Waals surface area (Å²) in [6, 6.07) is 8.92. The Morgan fingerprint density at radius 1 is 1.38 bits per heavy atom. The maximum Gasteiger partial charge on any atom is 0.241 e. The first-order valence-electron chi connectivity index (χ1n) is 5.73. The number of amides is 1. The molecule has 1 fully saturated rings. The van der Waals surface area contributed by atoms with Gasteiger partial charge in [0.15, 0.2) is 0 Å². The molecule has 2 rings (SSSR count). The number of hydrogen-bond acceptors (Lipinski definition) is 2. The van der Waals surface area contributed by atoms with Crippen LogP contribution in [0.25, 0.3) is 0 Å². The van der Waals surface area contributed by atoms with E-state index in [0.29, 0.717) is 0 Å². The summed E-state index contributed by atoms with van der Waals surface area (Å²) in [5.74, 6) is -0.0756. The molecule has 1 saturated carbocycles. The number of benzene rings is 1. The van der Waals surface area contributed by atoms with E-state index in [1.54, 1.807) is 0 Å².